The molecule has 0 aliphatic rings. The summed E-state index contributed by atoms with van der Waals surface area (Å²) in [6.07, 6.45) is 1.51. The van der Waals surface area contributed by atoms with Gasteiger partial charge in [0.15, 0.2) is 5.76 Å². The Morgan fingerprint density at radius 2 is 1.89 bits per heavy atom. The van der Waals surface area contributed by atoms with Crippen LogP contribution in [0, 0.1) is 0 Å². The number of halogens is 2. The van der Waals surface area contributed by atoms with E-state index >= 15 is 0 Å². The molecule has 0 fully saturated rings. The highest BCUT2D eigenvalue weighted by molar-refractivity contribution is 6.35. The lowest BCUT2D eigenvalue weighted by Crippen LogP contribution is -2.17. The predicted molar refractivity (Wildman–Crippen MR) is 106 cm³/mol. The molecule has 8 heteroatoms. The molecular formula is C19H14Cl2N4O2. The van der Waals surface area contributed by atoms with Crippen molar-refractivity contribution in [1.82, 2.24) is 14.7 Å². The highest BCUT2D eigenvalue weighted by atomic mass is 35.5. The summed E-state index contributed by atoms with van der Waals surface area (Å²) in [7, 11) is 1.67. The van der Waals surface area contributed by atoms with Crippen molar-refractivity contribution in [2.24, 2.45) is 7.05 Å². The van der Waals surface area contributed by atoms with Crippen molar-refractivity contribution in [2.45, 2.75) is 6.54 Å². The first-order valence-corrected chi connectivity index (χ1v) is 8.86. The van der Waals surface area contributed by atoms with Gasteiger partial charge in [0.05, 0.1) is 23.8 Å². The van der Waals surface area contributed by atoms with E-state index in [2.05, 4.69) is 15.5 Å². The van der Waals surface area contributed by atoms with E-state index in [1.807, 2.05) is 12.1 Å². The fraction of sp³-hybridized carbons (Fsp3) is 0.105. The summed E-state index contributed by atoms with van der Waals surface area (Å²) in [6.45, 7) is 0.410. The van der Waals surface area contributed by atoms with E-state index in [0.717, 1.165) is 11.3 Å². The Bertz CT molecular complexity index is 1180. The van der Waals surface area contributed by atoms with E-state index < -0.39 is 0 Å². The summed E-state index contributed by atoms with van der Waals surface area (Å²) in [5, 5.41) is 8.91. The second-order valence-corrected chi connectivity index (χ2v) is 6.96. The molecule has 0 aliphatic carbocycles. The molecule has 136 valence electrons. The molecule has 0 saturated heterocycles. The number of aromatic nitrogens is 3. The molecule has 0 unspecified atom stereocenters. The van der Waals surface area contributed by atoms with Crippen molar-refractivity contribution in [1.29, 1.82) is 0 Å². The fourth-order valence-electron chi connectivity index (χ4n) is 2.74. The van der Waals surface area contributed by atoms with E-state index in [9.17, 15) is 4.79 Å². The average Bonchev–Trinajstić information content (AvgIpc) is 3.12. The second kappa shape index (κ2) is 7.06. The van der Waals surface area contributed by atoms with Crippen LogP contribution in [0.3, 0.4) is 0 Å². The Hall–Kier alpha value is -2.83. The van der Waals surface area contributed by atoms with Crippen LogP contribution in [0.25, 0.3) is 22.2 Å². The van der Waals surface area contributed by atoms with E-state index in [-0.39, 0.29) is 5.56 Å². The van der Waals surface area contributed by atoms with Crippen molar-refractivity contribution in [3.05, 3.63) is 75.0 Å². The number of rotatable bonds is 4. The lowest BCUT2D eigenvalue weighted by atomic mass is 10.1. The van der Waals surface area contributed by atoms with Gasteiger partial charge in [0.25, 0.3) is 5.56 Å². The molecule has 0 bridgehead atoms. The summed E-state index contributed by atoms with van der Waals surface area (Å²) >= 11 is 12.1. The Kier molecular flexibility index (Phi) is 4.59. The first-order valence-electron chi connectivity index (χ1n) is 8.11. The van der Waals surface area contributed by atoms with Gasteiger partial charge in [-0.1, -0.05) is 28.4 Å². The highest BCUT2D eigenvalue weighted by Crippen LogP contribution is 2.27. The zero-order valence-corrected chi connectivity index (χ0v) is 15.8. The monoisotopic (exact) mass is 400 g/mol. The van der Waals surface area contributed by atoms with Gasteiger partial charge in [0, 0.05) is 34.4 Å². The van der Waals surface area contributed by atoms with Crippen molar-refractivity contribution >= 4 is 39.8 Å². The van der Waals surface area contributed by atoms with Gasteiger partial charge in [-0.3, -0.25) is 4.79 Å². The molecule has 0 amide bonds. The van der Waals surface area contributed by atoms with Crippen molar-refractivity contribution in [3.8, 4) is 11.3 Å². The quantitative estimate of drug-likeness (QED) is 0.545. The largest absolute Gasteiger partial charge is 0.378 e. The molecule has 6 nitrogen and oxygen atoms in total. The van der Waals surface area contributed by atoms with Gasteiger partial charge in [0.1, 0.15) is 5.69 Å². The fourth-order valence-corrected chi connectivity index (χ4v) is 3.27. The maximum absolute atomic E-state index is 12.2. The van der Waals surface area contributed by atoms with Gasteiger partial charge in [-0.15, -0.1) is 0 Å². The minimum absolute atomic E-state index is 0.0940. The summed E-state index contributed by atoms with van der Waals surface area (Å²) in [5.41, 5.74) is 2.78. The van der Waals surface area contributed by atoms with E-state index in [4.69, 9.17) is 27.7 Å². The topological polar surface area (TPSA) is 73.0 Å². The molecule has 4 aromatic rings. The molecule has 4 rings (SSSR count). The molecular weight excluding hydrogens is 387 g/mol. The minimum atomic E-state index is -0.0940. The number of benzene rings is 2. The highest BCUT2D eigenvalue weighted by Gasteiger charge is 2.09. The number of hydrogen-bond donors (Lipinski definition) is 1. The number of nitrogens with one attached hydrogen (secondary N) is 1. The van der Waals surface area contributed by atoms with Gasteiger partial charge in [-0.05, 0) is 36.4 Å². The van der Waals surface area contributed by atoms with Crippen LogP contribution in [0.1, 0.15) is 5.76 Å². The van der Waals surface area contributed by atoms with Gasteiger partial charge < -0.3 is 14.4 Å². The SMILES string of the molecule is Cn1cnc2ccc(NCc3cc(-c4cc(Cl)cc(Cl)c4)no3)cc2c1=O. The lowest BCUT2D eigenvalue weighted by Gasteiger charge is -2.06. The first kappa shape index (κ1) is 17.6. The molecule has 2 heterocycles. The van der Waals surface area contributed by atoms with Crippen LogP contribution in [-0.2, 0) is 13.6 Å². The van der Waals surface area contributed by atoms with Crippen LogP contribution < -0.4 is 10.9 Å². The van der Waals surface area contributed by atoms with E-state index in [1.54, 1.807) is 37.4 Å². The summed E-state index contributed by atoms with van der Waals surface area (Å²) in [4.78, 5) is 16.5. The van der Waals surface area contributed by atoms with Crippen LogP contribution >= 0.6 is 23.2 Å². The third-order valence-electron chi connectivity index (χ3n) is 4.10. The third kappa shape index (κ3) is 3.67. The summed E-state index contributed by atoms with van der Waals surface area (Å²) in [6, 6.07) is 12.5. The molecule has 2 aromatic heterocycles. The summed E-state index contributed by atoms with van der Waals surface area (Å²) in [5.74, 6) is 0.639. The van der Waals surface area contributed by atoms with E-state index in [0.29, 0.717) is 38.9 Å². The molecule has 0 atom stereocenters. The standard InChI is InChI=1S/C19H14Cl2N4O2/c1-25-10-23-17-3-2-14(7-16(17)19(25)26)22-9-15-8-18(24-27-15)11-4-12(20)6-13(21)5-11/h2-8,10,22H,9H2,1H3. The number of hydrogen-bond acceptors (Lipinski definition) is 5. The molecule has 0 saturated carbocycles. The maximum Gasteiger partial charge on any atom is 0.260 e. The average molecular weight is 401 g/mol. The predicted octanol–water partition coefficient (Wildman–Crippen LogP) is 4.51. The molecule has 1 N–H and O–H groups in total. The van der Waals surface area contributed by atoms with Crippen LogP contribution in [0.2, 0.25) is 10.0 Å². The normalized spacial score (nSPS) is 11.1. The Balaban J connectivity index is 1.54. The first-order chi connectivity index (χ1) is 13.0. The molecule has 0 spiro atoms. The zero-order chi connectivity index (χ0) is 19.0. The Labute approximate surface area is 164 Å². The van der Waals surface area contributed by atoms with Crippen molar-refractivity contribution in [2.75, 3.05) is 5.32 Å². The molecule has 2 aromatic carbocycles. The number of aryl methyl sites for hydroxylation is 1. The lowest BCUT2D eigenvalue weighted by molar-refractivity contribution is 0.390. The van der Waals surface area contributed by atoms with Crippen LogP contribution in [-0.4, -0.2) is 14.7 Å². The third-order valence-corrected chi connectivity index (χ3v) is 4.54. The Morgan fingerprint density at radius 1 is 1.11 bits per heavy atom. The summed E-state index contributed by atoms with van der Waals surface area (Å²) < 4.78 is 6.82. The Morgan fingerprint density at radius 3 is 2.67 bits per heavy atom. The van der Waals surface area contributed by atoms with Crippen molar-refractivity contribution < 1.29 is 4.52 Å². The maximum atomic E-state index is 12.2. The van der Waals surface area contributed by atoms with Gasteiger partial charge >= 0.3 is 0 Å². The number of nitrogens with zero attached hydrogens (tertiary/aromatic N) is 3. The number of anilines is 1. The smallest absolute Gasteiger partial charge is 0.260 e. The van der Waals surface area contributed by atoms with Crippen LogP contribution in [0.5, 0.6) is 0 Å². The van der Waals surface area contributed by atoms with E-state index in [1.165, 1.54) is 10.9 Å². The minimum Gasteiger partial charge on any atom is -0.378 e. The molecule has 27 heavy (non-hydrogen) atoms. The van der Waals surface area contributed by atoms with Gasteiger partial charge in [-0.2, -0.15) is 0 Å². The molecule has 0 aliphatic heterocycles. The number of fused-ring (bicyclic) bond motifs is 1. The molecule has 0 radical (unpaired) electrons. The zero-order valence-electron chi connectivity index (χ0n) is 14.2. The second-order valence-electron chi connectivity index (χ2n) is 6.08. The van der Waals surface area contributed by atoms with Crippen LogP contribution in [0.4, 0.5) is 5.69 Å². The van der Waals surface area contributed by atoms with Gasteiger partial charge in [0.2, 0.25) is 0 Å². The van der Waals surface area contributed by atoms with Gasteiger partial charge in [-0.25, -0.2) is 4.98 Å². The van der Waals surface area contributed by atoms with Crippen LogP contribution in [0.15, 0.2) is 58.1 Å². The van der Waals surface area contributed by atoms with Crippen molar-refractivity contribution in [3.63, 3.8) is 0 Å².